The zero-order valence-electron chi connectivity index (χ0n) is 11.8. The van der Waals surface area contributed by atoms with Crippen molar-refractivity contribution in [3.8, 4) is 5.75 Å². The van der Waals surface area contributed by atoms with Gasteiger partial charge in [-0.1, -0.05) is 6.42 Å². The first-order valence-electron chi connectivity index (χ1n) is 7.33. The van der Waals surface area contributed by atoms with Crippen LogP contribution in [0.5, 0.6) is 5.75 Å². The molecular formula is C16H20FNO2. The summed E-state index contributed by atoms with van der Waals surface area (Å²) in [6.45, 7) is 3.37. The number of halogens is 1. The number of hydrogen-bond acceptors (Lipinski definition) is 3. The van der Waals surface area contributed by atoms with Crippen molar-refractivity contribution >= 4 is 5.78 Å². The van der Waals surface area contributed by atoms with Crippen molar-refractivity contribution in [3.05, 3.63) is 29.6 Å². The summed E-state index contributed by atoms with van der Waals surface area (Å²) in [7, 11) is 0. The predicted molar refractivity (Wildman–Crippen MR) is 74.4 cm³/mol. The molecule has 3 rings (SSSR count). The molecule has 2 aliphatic rings. The number of nitrogens with zero attached hydrogens (tertiary/aromatic N) is 1. The summed E-state index contributed by atoms with van der Waals surface area (Å²) >= 11 is 0. The Morgan fingerprint density at radius 2 is 2.30 bits per heavy atom. The van der Waals surface area contributed by atoms with Gasteiger partial charge in [-0.2, -0.15) is 0 Å². The Bertz CT molecular complexity index is 517. The molecule has 0 aliphatic carbocycles. The third-order valence-corrected chi connectivity index (χ3v) is 4.28. The minimum Gasteiger partial charge on any atom is -0.488 e. The molecule has 20 heavy (non-hydrogen) atoms. The number of rotatable bonds is 3. The van der Waals surface area contributed by atoms with Crippen LogP contribution in [0.15, 0.2) is 18.2 Å². The summed E-state index contributed by atoms with van der Waals surface area (Å²) in [6, 6.07) is 4.71. The lowest BCUT2D eigenvalue weighted by atomic mass is 9.98. The fourth-order valence-corrected chi connectivity index (χ4v) is 3.32. The lowest BCUT2D eigenvalue weighted by Crippen LogP contribution is -2.47. The molecule has 1 saturated heterocycles. The lowest BCUT2D eigenvalue weighted by Gasteiger charge is -2.35. The van der Waals surface area contributed by atoms with Gasteiger partial charge in [0, 0.05) is 18.5 Å². The van der Waals surface area contributed by atoms with E-state index in [0.29, 0.717) is 0 Å². The molecule has 0 radical (unpaired) electrons. The minimum absolute atomic E-state index is 0.0340. The van der Waals surface area contributed by atoms with Crippen LogP contribution in [0.3, 0.4) is 0 Å². The quantitative estimate of drug-likeness (QED) is 0.850. The lowest BCUT2D eigenvalue weighted by molar-refractivity contribution is -0.123. The van der Waals surface area contributed by atoms with Crippen molar-refractivity contribution in [2.24, 2.45) is 0 Å². The highest BCUT2D eigenvalue weighted by molar-refractivity contribution is 5.81. The number of likely N-dealkylation sites (tertiary alicyclic amines) is 1. The second-order valence-electron chi connectivity index (χ2n) is 5.81. The normalized spacial score (nSPS) is 26.1. The van der Waals surface area contributed by atoms with Crippen LogP contribution in [0.25, 0.3) is 0 Å². The van der Waals surface area contributed by atoms with E-state index in [-0.39, 0.29) is 23.7 Å². The van der Waals surface area contributed by atoms with Crippen LogP contribution >= 0.6 is 0 Å². The molecule has 4 heteroatoms. The highest BCUT2D eigenvalue weighted by Crippen LogP contribution is 2.30. The Labute approximate surface area is 118 Å². The molecule has 0 saturated carbocycles. The molecule has 2 aliphatic heterocycles. The highest BCUT2D eigenvalue weighted by atomic mass is 19.1. The number of benzene rings is 1. The number of Topliss-reactive ketones (excluding diaryl/α,β-unsaturated/α-hetero) is 1. The van der Waals surface area contributed by atoms with E-state index in [1.807, 2.05) is 0 Å². The number of piperidine rings is 1. The van der Waals surface area contributed by atoms with Gasteiger partial charge in [0.05, 0.1) is 6.04 Å². The molecule has 0 bridgehead atoms. The van der Waals surface area contributed by atoms with E-state index in [1.165, 1.54) is 6.07 Å². The predicted octanol–water partition coefficient (Wildman–Crippen LogP) is 2.57. The van der Waals surface area contributed by atoms with Crippen LogP contribution < -0.4 is 4.74 Å². The fraction of sp³-hybridized carbons (Fsp3) is 0.562. The molecule has 108 valence electrons. The van der Waals surface area contributed by atoms with E-state index < -0.39 is 0 Å². The van der Waals surface area contributed by atoms with Gasteiger partial charge < -0.3 is 4.74 Å². The van der Waals surface area contributed by atoms with E-state index in [9.17, 15) is 9.18 Å². The third-order valence-electron chi connectivity index (χ3n) is 4.28. The second kappa shape index (κ2) is 5.52. The smallest absolute Gasteiger partial charge is 0.146 e. The molecule has 0 amide bonds. The van der Waals surface area contributed by atoms with Crippen molar-refractivity contribution in [1.82, 2.24) is 4.90 Å². The number of carbonyl (C=O) groups excluding carboxylic acids is 1. The molecule has 0 aromatic heterocycles. The summed E-state index contributed by atoms with van der Waals surface area (Å²) in [5, 5.41) is 0. The molecule has 1 aromatic rings. The molecule has 2 heterocycles. The number of ether oxygens (including phenoxy) is 1. The van der Waals surface area contributed by atoms with Crippen LogP contribution in [0.4, 0.5) is 4.39 Å². The van der Waals surface area contributed by atoms with Crippen LogP contribution in [0.2, 0.25) is 0 Å². The van der Waals surface area contributed by atoms with E-state index in [1.54, 1.807) is 19.1 Å². The fourth-order valence-electron chi connectivity index (χ4n) is 3.32. The number of fused-ring (bicyclic) bond motifs is 1. The molecule has 1 aromatic carbocycles. The van der Waals surface area contributed by atoms with Gasteiger partial charge in [0.25, 0.3) is 0 Å². The molecule has 0 spiro atoms. The first-order chi connectivity index (χ1) is 9.63. The van der Waals surface area contributed by atoms with Gasteiger partial charge in [0.2, 0.25) is 0 Å². The SMILES string of the molecule is CC(=O)C1CCCCN1CC1Cc2cc(F)ccc2O1. The van der Waals surface area contributed by atoms with Gasteiger partial charge >= 0.3 is 0 Å². The molecule has 1 fully saturated rings. The van der Waals surface area contributed by atoms with E-state index in [2.05, 4.69) is 4.90 Å². The van der Waals surface area contributed by atoms with Gasteiger partial charge in [-0.05, 0) is 44.5 Å². The van der Waals surface area contributed by atoms with E-state index in [0.717, 1.165) is 50.1 Å². The zero-order chi connectivity index (χ0) is 14.1. The molecule has 2 unspecified atom stereocenters. The van der Waals surface area contributed by atoms with Gasteiger partial charge in [0.1, 0.15) is 23.5 Å². The van der Waals surface area contributed by atoms with Crippen molar-refractivity contribution in [1.29, 1.82) is 0 Å². The molecular weight excluding hydrogens is 257 g/mol. The molecule has 2 atom stereocenters. The topological polar surface area (TPSA) is 29.5 Å². The maximum absolute atomic E-state index is 13.2. The van der Waals surface area contributed by atoms with Gasteiger partial charge in [-0.25, -0.2) is 4.39 Å². The zero-order valence-corrected chi connectivity index (χ0v) is 11.8. The maximum atomic E-state index is 13.2. The minimum atomic E-state index is -0.215. The number of hydrogen-bond donors (Lipinski definition) is 0. The van der Waals surface area contributed by atoms with Crippen LogP contribution in [0, 0.1) is 5.82 Å². The van der Waals surface area contributed by atoms with E-state index in [4.69, 9.17) is 4.74 Å². The average Bonchev–Trinajstić information content (AvgIpc) is 2.80. The summed E-state index contributed by atoms with van der Waals surface area (Å²) in [6.07, 6.45) is 3.97. The largest absolute Gasteiger partial charge is 0.488 e. The summed E-state index contributed by atoms with van der Waals surface area (Å²) in [4.78, 5) is 13.9. The van der Waals surface area contributed by atoms with E-state index >= 15 is 0 Å². The highest BCUT2D eigenvalue weighted by Gasteiger charge is 2.31. The van der Waals surface area contributed by atoms with Crippen molar-refractivity contribution in [3.63, 3.8) is 0 Å². The summed E-state index contributed by atoms with van der Waals surface area (Å²) in [5.41, 5.74) is 0.936. The maximum Gasteiger partial charge on any atom is 0.146 e. The Balaban J connectivity index is 1.66. The van der Waals surface area contributed by atoms with Crippen molar-refractivity contribution in [2.45, 2.75) is 44.8 Å². The Morgan fingerprint density at radius 3 is 3.10 bits per heavy atom. The Kier molecular flexibility index (Phi) is 3.74. The molecule has 0 N–H and O–H groups in total. The molecule has 3 nitrogen and oxygen atoms in total. The van der Waals surface area contributed by atoms with Gasteiger partial charge in [-0.3, -0.25) is 9.69 Å². The second-order valence-corrected chi connectivity index (χ2v) is 5.81. The average molecular weight is 277 g/mol. The van der Waals surface area contributed by atoms with Gasteiger partial charge in [0.15, 0.2) is 0 Å². The third kappa shape index (κ3) is 2.70. The van der Waals surface area contributed by atoms with Crippen LogP contribution in [0.1, 0.15) is 31.7 Å². The van der Waals surface area contributed by atoms with Crippen LogP contribution in [-0.4, -0.2) is 35.9 Å². The van der Waals surface area contributed by atoms with Crippen molar-refractivity contribution < 1.29 is 13.9 Å². The summed E-state index contributed by atoms with van der Waals surface area (Å²) < 4.78 is 19.1. The first kappa shape index (κ1) is 13.6. The number of ketones is 1. The Morgan fingerprint density at radius 1 is 1.45 bits per heavy atom. The number of carbonyl (C=O) groups is 1. The van der Waals surface area contributed by atoms with Crippen LogP contribution in [-0.2, 0) is 11.2 Å². The van der Waals surface area contributed by atoms with Gasteiger partial charge in [-0.15, -0.1) is 0 Å². The summed E-state index contributed by atoms with van der Waals surface area (Å²) in [5.74, 6) is 0.812. The standard InChI is InChI=1S/C16H20FNO2/c1-11(19)15-4-2-3-7-18(15)10-14-9-12-8-13(17)5-6-16(12)20-14/h5-6,8,14-15H,2-4,7,9-10H2,1H3. The Hall–Kier alpha value is -1.42. The first-order valence-corrected chi connectivity index (χ1v) is 7.33. The van der Waals surface area contributed by atoms with Crippen molar-refractivity contribution in [2.75, 3.05) is 13.1 Å². The monoisotopic (exact) mass is 277 g/mol.